The van der Waals surface area contributed by atoms with E-state index >= 15 is 0 Å². The van der Waals surface area contributed by atoms with Crippen molar-refractivity contribution in [2.75, 3.05) is 6.54 Å². The number of halogens is 1. The molecule has 1 aliphatic rings. The molecular weight excluding hydrogens is 428 g/mol. The van der Waals surface area contributed by atoms with E-state index in [4.69, 9.17) is 4.42 Å². The minimum atomic E-state index is -3.91. The first-order valence-electron chi connectivity index (χ1n) is 7.26. The number of amides is 1. The monoisotopic (exact) mass is 440 g/mol. The Hall–Kier alpha value is -1.84. The minimum Gasteiger partial charge on any atom is -0.465 e. The lowest BCUT2D eigenvalue weighted by molar-refractivity contribution is -0.122. The second-order valence-corrected chi connectivity index (χ2v) is 8.51. The van der Waals surface area contributed by atoms with Gasteiger partial charge in [-0.3, -0.25) is 9.69 Å². The Morgan fingerprint density at radius 2 is 2.00 bits per heavy atom. The SMILES string of the molecule is CCN1C(=O)/C(=C\c2ccco2)SC1=NS(=O)(=O)c1ccc(Br)cc1. The van der Waals surface area contributed by atoms with Crippen LogP contribution in [0.15, 0.2) is 65.7 Å². The number of likely N-dealkylation sites (N-methyl/N-ethyl adjacent to an activating group) is 1. The van der Waals surface area contributed by atoms with Crippen LogP contribution in [0.3, 0.4) is 0 Å². The lowest BCUT2D eigenvalue weighted by Gasteiger charge is -2.11. The molecule has 2 heterocycles. The Kier molecular flexibility index (Phi) is 5.16. The summed E-state index contributed by atoms with van der Waals surface area (Å²) in [6, 6.07) is 9.59. The Morgan fingerprint density at radius 1 is 1.28 bits per heavy atom. The molecule has 3 rings (SSSR count). The minimum absolute atomic E-state index is 0.0655. The molecule has 0 N–H and O–H groups in total. The van der Waals surface area contributed by atoms with Crippen molar-refractivity contribution in [3.05, 3.63) is 57.8 Å². The number of furan rings is 1. The molecule has 0 aliphatic carbocycles. The molecule has 1 aliphatic heterocycles. The van der Waals surface area contributed by atoms with Crippen molar-refractivity contribution in [1.29, 1.82) is 0 Å². The molecule has 1 saturated heterocycles. The van der Waals surface area contributed by atoms with E-state index < -0.39 is 10.0 Å². The van der Waals surface area contributed by atoms with E-state index in [1.807, 2.05) is 0 Å². The Morgan fingerprint density at radius 3 is 2.60 bits per heavy atom. The molecule has 0 bridgehead atoms. The highest BCUT2D eigenvalue weighted by atomic mass is 79.9. The predicted molar refractivity (Wildman–Crippen MR) is 100 cm³/mol. The molecule has 1 aromatic carbocycles. The lowest BCUT2D eigenvalue weighted by Crippen LogP contribution is -2.29. The van der Waals surface area contributed by atoms with E-state index in [0.717, 1.165) is 16.2 Å². The molecule has 0 unspecified atom stereocenters. The number of nitrogens with zero attached hydrogens (tertiary/aromatic N) is 2. The summed E-state index contributed by atoms with van der Waals surface area (Å²) in [6.07, 6.45) is 3.07. The molecule has 1 fully saturated rings. The molecular formula is C16H13BrN2O4S2. The zero-order chi connectivity index (χ0) is 18.0. The third kappa shape index (κ3) is 3.88. The fourth-order valence-corrected chi connectivity index (χ4v) is 4.61. The van der Waals surface area contributed by atoms with Gasteiger partial charge in [-0.2, -0.15) is 8.42 Å². The van der Waals surface area contributed by atoms with Crippen molar-refractivity contribution < 1.29 is 17.6 Å². The second kappa shape index (κ2) is 7.19. The van der Waals surface area contributed by atoms with E-state index in [2.05, 4.69) is 20.3 Å². The van der Waals surface area contributed by atoms with Crippen molar-refractivity contribution in [3.63, 3.8) is 0 Å². The summed E-state index contributed by atoms with van der Waals surface area (Å²) in [6.45, 7) is 2.08. The van der Waals surface area contributed by atoms with Gasteiger partial charge < -0.3 is 4.42 Å². The van der Waals surface area contributed by atoms with Crippen molar-refractivity contribution >= 4 is 54.9 Å². The number of hydrogen-bond acceptors (Lipinski definition) is 5. The van der Waals surface area contributed by atoms with Gasteiger partial charge in [0.2, 0.25) is 0 Å². The summed E-state index contributed by atoms with van der Waals surface area (Å²) in [5.74, 6) is 0.220. The second-order valence-electron chi connectivity index (χ2n) is 4.98. The van der Waals surface area contributed by atoms with Crippen LogP contribution in [-0.2, 0) is 14.8 Å². The maximum Gasteiger partial charge on any atom is 0.284 e. The van der Waals surface area contributed by atoms with Crippen molar-refractivity contribution in [3.8, 4) is 0 Å². The fraction of sp³-hybridized carbons (Fsp3) is 0.125. The number of carbonyl (C=O) groups is 1. The molecule has 0 radical (unpaired) electrons. The summed E-state index contributed by atoms with van der Waals surface area (Å²) >= 11 is 4.27. The topological polar surface area (TPSA) is 80.0 Å². The Bertz CT molecular complexity index is 949. The smallest absolute Gasteiger partial charge is 0.284 e. The molecule has 6 nitrogen and oxygen atoms in total. The van der Waals surface area contributed by atoms with Crippen molar-refractivity contribution in [2.24, 2.45) is 4.40 Å². The van der Waals surface area contributed by atoms with Gasteiger partial charge in [-0.25, -0.2) is 0 Å². The van der Waals surface area contributed by atoms with E-state index in [9.17, 15) is 13.2 Å². The van der Waals surface area contributed by atoms with E-state index in [0.29, 0.717) is 17.2 Å². The normalized spacial score (nSPS) is 18.5. The van der Waals surface area contributed by atoms with Gasteiger partial charge in [-0.1, -0.05) is 15.9 Å². The molecule has 1 aromatic heterocycles. The summed E-state index contributed by atoms with van der Waals surface area (Å²) < 4.78 is 34.8. The van der Waals surface area contributed by atoms with E-state index in [-0.39, 0.29) is 16.0 Å². The molecule has 9 heteroatoms. The maximum atomic E-state index is 12.5. The standard InChI is InChI=1S/C16H13BrN2O4S2/c1-2-19-15(20)14(10-12-4-3-9-23-12)24-16(19)18-25(21,22)13-7-5-11(17)6-8-13/h3-10H,2H2,1H3/b14-10+,18-16?. The molecule has 130 valence electrons. The van der Waals surface area contributed by atoms with Gasteiger partial charge in [0.15, 0.2) is 5.17 Å². The number of sulfonamides is 1. The molecule has 0 spiro atoms. The summed E-state index contributed by atoms with van der Waals surface area (Å²) in [5, 5.41) is 0.133. The first-order chi connectivity index (χ1) is 11.9. The number of amidine groups is 1. The van der Waals surface area contributed by atoms with Gasteiger partial charge in [-0.15, -0.1) is 4.40 Å². The van der Waals surface area contributed by atoms with Gasteiger partial charge in [-0.05, 0) is 55.1 Å². The van der Waals surface area contributed by atoms with E-state index in [1.165, 1.54) is 23.3 Å². The number of benzene rings is 1. The summed E-state index contributed by atoms with van der Waals surface area (Å²) in [4.78, 5) is 14.2. The predicted octanol–water partition coefficient (Wildman–Crippen LogP) is 3.72. The highest BCUT2D eigenvalue weighted by Crippen LogP contribution is 2.33. The van der Waals surface area contributed by atoms with Crippen LogP contribution in [0.25, 0.3) is 6.08 Å². The Labute approximate surface area is 157 Å². The number of thioether (sulfide) groups is 1. The van der Waals surface area contributed by atoms with Gasteiger partial charge >= 0.3 is 0 Å². The van der Waals surface area contributed by atoms with Crippen LogP contribution in [0.5, 0.6) is 0 Å². The van der Waals surface area contributed by atoms with Crippen LogP contribution < -0.4 is 0 Å². The molecule has 0 saturated carbocycles. The molecule has 0 atom stereocenters. The molecule has 2 aromatic rings. The van der Waals surface area contributed by atoms with Crippen LogP contribution in [0.1, 0.15) is 12.7 Å². The molecule has 1 amide bonds. The number of rotatable bonds is 4. The average molecular weight is 441 g/mol. The summed E-state index contributed by atoms with van der Waals surface area (Å²) in [5.41, 5.74) is 0. The quantitative estimate of drug-likeness (QED) is 0.676. The van der Waals surface area contributed by atoms with Crippen LogP contribution in [0, 0.1) is 0 Å². The zero-order valence-electron chi connectivity index (χ0n) is 13.0. The van der Waals surface area contributed by atoms with Gasteiger partial charge in [0.05, 0.1) is 16.1 Å². The number of carbonyl (C=O) groups excluding carboxylic acids is 1. The fourth-order valence-electron chi connectivity index (χ4n) is 2.12. The highest BCUT2D eigenvalue weighted by molar-refractivity contribution is 9.10. The third-order valence-corrected chi connectivity index (χ3v) is 6.26. The largest absolute Gasteiger partial charge is 0.465 e. The van der Waals surface area contributed by atoms with Crippen molar-refractivity contribution in [2.45, 2.75) is 11.8 Å². The van der Waals surface area contributed by atoms with Crippen LogP contribution in [-0.4, -0.2) is 30.9 Å². The van der Waals surface area contributed by atoms with Crippen LogP contribution >= 0.6 is 27.7 Å². The highest BCUT2D eigenvalue weighted by Gasteiger charge is 2.34. The van der Waals surface area contributed by atoms with Gasteiger partial charge in [0, 0.05) is 17.1 Å². The summed E-state index contributed by atoms with van der Waals surface area (Å²) in [7, 11) is -3.91. The van der Waals surface area contributed by atoms with E-state index in [1.54, 1.807) is 37.3 Å². The lowest BCUT2D eigenvalue weighted by atomic mass is 10.3. The first kappa shape index (κ1) is 18.0. The Balaban J connectivity index is 1.96. The third-order valence-electron chi connectivity index (χ3n) is 3.33. The maximum absolute atomic E-state index is 12.5. The average Bonchev–Trinajstić information content (AvgIpc) is 3.17. The van der Waals surface area contributed by atoms with Crippen LogP contribution in [0.4, 0.5) is 0 Å². The zero-order valence-corrected chi connectivity index (χ0v) is 16.3. The van der Waals surface area contributed by atoms with Crippen LogP contribution in [0.2, 0.25) is 0 Å². The number of hydrogen-bond donors (Lipinski definition) is 0. The van der Waals surface area contributed by atoms with Gasteiger partial charge in [0.1, 0.15) is 5.76 Å². The van der Waals surface area contributed by atoms with Crippen molar-refractivity contribution in [1.82, 2.24) is 4.90 Å². The van der Waals surface area contributed by atoms with Gasteiger partial charge in [0.25, 0.3) is 15.9 Å². The molecule has 25 heavy (non-hydrogen) atoms. The first-order valence-corrected chi connectivity index (χ1v) is 10.3.